The second-order valence-corrected chi connectivity index (χ2v) is 9.20. The van der Waals surface area contributed by atoms with Gasteiger partial charge in [0.1, 0.15) is 0 Å². The number of alkyl halides is 9. The van der Waals surface area contributed by atoms with Crippen LogP contribution in [0.2, 0.25) is 0 Å². The van der Waals surface area contributed by atoms with E-state index in [2.05, 4.69) is 34.9 Å². The van der Waals surface area contributed by atoms with Crippen molar-refractivity contribution in [3.63, 3.8) is 0 Å². The van der Waals surface area contributed by atoms with E-state index in [9.17, 15) is 39.5 Å². The molecule has 0 radical (unpaired) electrons. The number of nitrogens with zero attached hydrogens (tertiary/aromatic N) is 3. The van der Waals surface area contributed by atoms with Crippen LogP contribution in [0.15, 0.2) is 36.4 Å². The third kappa shape index (κ3) is 16.2. The van der Waals surface area contributed by atoms with E-state index in [0.29, 0.717) is 50.4 Å². The molecule has 0 heterocycles. The summed E-state index contributed by atoms with van der Waals surface area (Å²) in [5.74, 6) is 0. The maximum atomic E-state index is 12.3. The van der Waals surface area contributed by atoms with Crippen LogP contribution in [0.5, 0.6) is 0 Å². The molecule has 16 heteroatoms. The molecule has 49 heavy (non-hydrogen) atoms. The molecule has 0 saturated carbocycles. The molecule has 0 fully saturated rings. The first-order chi connectivity index (χ1) is 22.1. The van der Waals surface area contributed by atoms with E-state index in [1.807, 2.05) is 0 Å². The topological polar surface area (TPSA) is 64.3 Å². The number of rotatable bonds is 0. The minimum absolute atomic E-state index is 0. The van der Waals surface area contributed by atoms with Crippen LogP contribution in [-0.2, 0) is 54.0 Å². The van der Waals surface area contributed by atoms with Crippen molar-refractivity contribution in [2.45, 2.75) is 60.1 Å². The van der Waals surface area contributed by atoms with Gasteiger partial charge in [-0.15, -0.1) is 0 Å². The summed E-state index contributed by atoms with van der Waals surface area (Å²) in [6, 6.07) is 6.00. The zero-order valence-electron chi connectivity index (χ0n) is 26.6. The summed E-state index contributed by atoms with van der Waals surface area (Å²) < 4.78 is 111. The van der Waals surface area contributed by atoms with E-state index in [1.165, 1.54) is 41.5 Å². The molecule has 0 unspecified atom stereocenters. The van der Waals surface area contributed by atoms with E-state index in [0.717, 1.165) is 36.4 Å². The molecule has 0 aliphatic carbocycles. The second kappa shape index (κ2) is 22.7. The first-order valence-electron chi connectivity index (χ1n) is 12.5. The SMILES string of the molecule is [C-]#[N+]c1c(C)cc(C(F)(F)F)cc1C.[C-]#[N+]c1c(C)cc(C(F)(F)F)cc1C.[C-]#[N+]c1c(C)cc(C(F)(F)F)cc1C.[CH-]=O.[CH-]=O.[CH-]=O.[W]. The first-order valence-corrected chi connectivity index (χ1v) is 12.5. The Bertz CT molecular complexity index is 1390. The molecular weight excluding hydrogens is 841 g/mol. The summed E-state index contributed by atoms with van der Waals surface area (Å²) >= 11 is 0. The average molecular weight is 868 g/mol. The van der Waals surface area contributed by atoms with Gasteiger partial charge in [-0.05, 0) is 74.9 Å². The molecule has 264 valence electrons. The van der Waals surface area contributed by atoms with Gasteiger partial charge in [0.25, 0.3) is 0 Å². The van der Waals surface area contributed by atoms with Gasteiger partial charge in [-0.25, -0.2) is 14.5 Å². The third-order valence-corrected chi connectivity index (χ3v) is 5.79. The van der Waals surface area contributed by atoms with Crippen LogP contribution in [0.1, 0.15) is 50.1 Å². The van der Waals surface area contributed by atoms with Crippen molar-refractivity contribution in [1.29, 1.82) is 0 Å². The Morgan fingerprint density at radius 3 is 0.612 bits per heavy atom. The molecule has 3 aromatic carbocycles. The molecule has 6 nitrogen and oxygen atoms in total. The molecule has 0 aliphatic rings. The number of hydrogen-bond acceptors (Lipinski definition) is 3. The summed E-state index contributed by atoms with van der Waals surface area (Å²) in [7, 11) is 0. The summed E-state index contributed by atoms with van der Waals surface area (Å²) in [5, 5.41) is 0. The standard InChI is InChI=1S/3C10H8F3N.3CHO.W/c3*1-6-4-8(10(11,12)13)5-7(2)9(6)14-3;3*1-2;/h3*4-5H,1-2H3;3*1H;/q;;;3*-1;. The van der Waals surface area contributed by atoms with E-state index < -0.39 is 35.2 Å². The number of hydrogen-bond donors (Lipinski definition) is 0. The van der Waals surface area contributed by atoms with Crippen LogP contribution >= 0.6 is 0 Å². The van der Waals surface area contributed by atoms with Crippen LogP contribution in [0.4, 0.5) is 56.6 Å². The Balaban J connectivity index is -0.000000284. The molecular formula is C33H27F9N3O3W-3. The largest absolute Gasteiger partial charge is 0.545 e. The van der Waals surface area contributed by atoms with Gasteiger partial charge in [-0.2, -0.15) is 39.5 Å². The van der Waals surface area contributed by atoms with Crippen LogP contribution in [-0.4, -0.2) is 20.4 Å². The first kappa shape index (κ1) is 51.0. The minimum atomic E-state index is -4.34. The van der Waals surface area contributed by atoms with Gasteiger partial charge < -0.3 is 14.4 Å². The van der Waals surface area contributed by atoms with E-state index in [-0.39, 0.29) is 21.1 Å². The zero-order chi connectivity index (χ0) is 38.8. The predicted octanol–water partition coefficient (Wildman–Crippen LogP) is 10.8. The molecule has 0 amide bonds. The minimum Gasteiger partial charge on any atom is -0.545 e. The fourth-order valence-corrected chi connectivity index (χ4v) is 3.89. The molecule has 0 aromatic heterocycles. The van der Waals surface area contributed by atoms with Crippen LogP contribution in [0, 0.1) is 61.3 Å². The van der Waals surface area contributed by atoms with Gasteiger partial charge >= 0.3 is 18.5 Å². The Morgan fingerprint density at radius 2 is 0.531 bits per heavy atom. The maximum Gasteiger partial charge on any atom is 0.416 e. The maximum absolute atomic E-state index is 12.3. The van der Waals surface area contributed by atoms with Gasteiger partial charge in [0, 0.05) is 21.1 Å². The Labute approximate surface area is 292 Å². The van der Waals surface area contributed by atoms with E-state index >= 15 is 0 Å². The molecule has 0 atom stereocenters. The van der Waals surface area contributed by atoms with Crippen LogP contribution in [0.25, 0.3) is 14.5 Å². The normalized spacial score (nSPS) is 9.80. The van der Waals surface area contributed by atoms with Crippen LogP contribution < -0.4 is 0 Å². The molecule has 3 aromatic rings. The smallest absolute Gasteiger partial charge is 0.416 e. The summed E-state index contributed by atoms with van der Waals surface area (Å²) in [5.41, 5.74) is 1.03. The van der Waals surface area contributed by atoms with Crippen LogP contribution in [0.3, 0.4) is 0 Å². The monoisotopic (exact) mass is 868 g/mol. The quantitative estimate of drug-likeness (QED) is 0.128. The van der Waals surface area contributed by atoms with Gasteiger partial charge in [-0.3, -0.25) is 20.4 Å². The fourth-order valence-electron chi connectivity index (χ4n) is 3.89. The van der Waals surface area contributed by atoms with Gasteiger partial charge in [0.05, 0.1) is 36.4 Å². The van der Waals surface area contributed by atoms with E-state index in [1.54, 1.807) is 0 Å². The zero-order valence-corrected chi connectivity index (χ0v) is 29.5. The number of aryl methyl sites for hydroxylation is 6. The van der Waals surface area contributed by atoms with Crippen molar-refractivity contribution in [2.75, 3.05) is 0 Å². The van der Waals surface area contributed by atoms with Gasteiger partial charge in [0.2, 0.25) is 0 Å². The molecule has 3 rings (SSSR count). The van der Waals surface area contributed by atoms with Crippen molar-refractivity contribution < 1.29 is 75.0 Å². The predicted molar refractivity (Wildman–Crippen MR) is 162 cm³/mol. The van der Waals surface area contributed by atoms with Crippen molar-refractivity contribution in [3.8, 4) is 0 Å². The Morgan fingerprint density at radius 1 is 0.408 bits per heavy atom. The molecule has 0 saturated heterocycles. The molecule has 0 bridgehead atoms. The number of halogens is 9. The fraction of sp³-hybridized carbons (Fsp3) is 0.273. The second-order valence-electron chi connectivity index (χ2n) is 9.20. The van der Waals surface area contributed by atoms with Crippen molar-refractivity contribution >= 4 is 37.4 Å². The van der Waals surface area contributed by atoms with E-state index in [4.69, 9.17) is 34.1 Å². The van der Waals surface area contributed by atoms with Crippen molar-refractivity contribution in [3.05, 3.63) is 121 Å². The van der Waals surface area contributed by atoms with Gasteiger partial charge in [0.15, 0.2) is 17.1 Å². The summed E-state index contributed by atoms with van der Waals surface area (Å²) in [6.45, 7) is 39.2. The third-order valence-electron chi connectivity index (χ3n) is 5.79. The Hall–Kier alpha value is -4.80. The van der Waals surface area contributed by atoms with Gasteiger partial charge in [-0.1, -0.05) is 36.4 Å². The van der Waals surface area contributed by atoms with Crippen molar-refractivity contribution in [1.82, 2.24) is 0 Å². The molecule has 0 spiro atoms. The Kier molecular flexibility index (Phi) is 23.7. The summed E-state index contributed by atoms with van der Waals surface area (Å²) in [6.07, 6.45) is -13.0. The number of benzene rings is 3. The molecule has 0 aliphatic heterocycles. The molecule has 0 N–H and O–H groups in total. The number of carbonyl (C=O) groups excluding carboxylic acids is 3. The van der Waals surface area contributed by atoms with Crippen molar-refractivity contribution in [2.24, 2.45) is 0 Å². The average Bonchev–Trinajstić information content (AvgIpc) is 2.99. The summed E-state index contributed by atoms with van der Waals surface area (Å²) in [4.78, 5) is 32.8.